The van der Waals surface area contributed by atoms with E-state index in [1.54, 1.807) is 18.2 Å². The highest BCUT2D eigenvalue weighted by molar-refractivity contribution is 7.95. The van der Waals surface area contributed by atoms with Crippen molar-refractivity contribution in [2.24, 2.45) is 11.1 Å². The molecule has 34 heavy (non-hydrogen) atoms. The van der Waals surface area contributed by atoms with Crippen LogP contribution in [0, 0.1) is 19.8 Å². The van der Waals surface area contributed by atoms with Crippen molar-refractivity contribution in [1.29, 1.82) is 0 Å². The van der Waals surface area contributed by atoms with Gasteiger partial charge in [-0.2, -0.15) is 0 Å². The van der Waals surface area contributed by atoms with Crippen LogP contribution in [-0.2, 0) is 16.6 Å². The van der Waals surface area contributed by atoms with Crippen molar-refractivity contribution >= 4 is 33.1 Å². The molecule has 184 valence electrons. The molecule has 0 unspecified atom stereocenters. The lowest BCUT2D eigenvalue weighted by molar-refractivity contribution is 0.318. The third-order valence-corrected chi connectivity index (χ3v) is 9.61. The summed E-state index contributed by atoms with van der Waals surface area (Å²) in [6.45, 7) is 7.06. The summed E-state index contributed by atoms with van der Waals surface area (Å²) in [5.74, 6) is 0.574. The second kappa shape index (κ2) is 9.72. The third kappa shape index (κ3) is 4.83. The fraction of sp³-hybridized carbons (Fsp3) is 0.538. The number of aromatic nitrogens is 2. The predicted octanol–water partition coefficient (Wildman–Crippen LogP) is 5.85. The minimum atomic E-state index is -3.80. The van der Waals surface area contributed by atoms with Crippen molar-refractivity contribution in [1.82, 2.24) is 12.8 Å². The van der Waals surface area contributed by atoms with Gasteiger partial charge >= 0.3 is 0 Å². The lowest BCUT2D eigenvalue weighted by atomic mass is 9.89. The van der Waals surface area contributed by atoms with Crippen molar-refractivity contribution in [2.75, 3.05) is 13.1 Å². The van der Waals surface area contributed by atoms with E-state index in [1.165, 1.54) is 62.4 Å². The van der Waals surface area contributed by atoms with Crippen LogP contribution in [0.15, 0.2) is 35.4 Å². The number of hydrogen-bond acceptors (Lipinski definition) is 4. The monoisotopic (exact) mass is 500 g/mol. The van der Waals surface area contributed by atoms with Gasteiger partial charge in [-0.25, -0.2) is 17.9 Å². The largest absolute Gasteiger partial charge is 0.343 e. The number of nitrogens with zero attached hydrogens (tertiary/aromatic N) is 3. The van der Waals surface area contributed by atoms with Gasteiger partial charge in [-0.1, -0.05) is 37.8 Å². The molecule has 2 aromatic heterocycles. The van der Waals surface area contributed by atoms with Crippen LogP contribution >= 0.6 is 12.1 Å². The molecule has 2 N–H and O–H groups in total. The summed E-state index contributed by atoms with van der Waals surface area (Å²) in [6.07, 6.45) is 12.2. The molecular formula is C26H36N4O2S2. The van der Waals surface area contributed by atoms with Crippen molar-refractivity contribution in [3.05, 3.63) is 41.7 Å². The summed E-state index contributed by atoms with van der Waals surface area (Å²) in [7, 11) is -3.80. The van der Waals surface area contributed by atoms with Gasteiger partial charge in [0, 0.05) is 54.6 Å². The van der Waals surface area contributed by atoms with E-state index >= 15 is 0 Å². The molecule has 2 fully saturated rings. The predicted molar refractivity (Wildman–Crippen MR) is 141 cm³/mol. The SMILES string of the molecule is Cc1ccc2c(-c3cc(S(N)(=O)=O)c(C)n3CC3CCCCC3)cn(SN3CCCCC3)c2c1. The minimum Gasteiger partial charge on any atom is -0.343 e. The topological polar surface area (TPSA) is 73.3 Å². The second-order valence-corrected chi connectivity index (χ2v) is 12.7. The van der Waals surface area contributed by atoms with Gasteiger partial charge in [0.1, 0.15) is 4.90 Å². The number of nitrogens with two attached hydrogens (primary N) is 1. The Kier molecular flexibility index (Phi) is 6.86. The Labute approximate surface area is 207 Å². The average Bonchev–Trinajstić information content (AvgIpc) is 3.32. The van der Waals surface area contributed by atoms with Gasteiger partial charge < -0.3 is 4.57 Å². The molecule has 0 amide bonds. The molecule has 1 aliphatic carbocycles. The molecule has 8 heteroatoms. The molecule has 0 spiro atoms. The van der Waals surface area contributed by atoms with Gasteiger partial charge in [0.2, 0.25) is 10.0 Å². The van der Waals surface area contributed by atoms with Gasteiger partial charge in [-0.15, -0.1) is 0 Å². The van der Waals surface area contributed by atoms with Crippen LogP contribution in [0.4, 0.5) is 0 Å². The van der Waals surface area contributed by atoms with Crippen LogP contribution < -0.4 is 5.14 Å². The normalized spacial score (nSPS) is 18.7. The molecule has 1 aliphatic heterocycles. The van der Waals surface area contributed by atoms with Gasteiger partial charge in [0.25, 0.3) is 0 Å². The molecule has 2 aliphatic rings. The van der Waals surface area contributed by atoms with Crippen LogP contribution in [0.5, 0.6) is 0 Å². The number of benzene rings is 1. The molecule has 6 nitrogen and oxygen atoms in total. The lowest BCUT2D eigenvalue weighted by Gasteiger charge is -2.25. The molecule has 0 atom stereocenters. The number of fused-ring (bicyclic) bond motifs is 1. The Morgan fingerprint density at radius 2 is 1.71 bits per heavy atom. The van der Waals surface area contributed by atoms with Crippen molar-refractivity contribution in [3.8, 4) is 11.3 Å². The molecule has 0 bridgehead atoms. The highest BCUT2D eigenvalue weighted by atomic mass is 32.2. The van der Waals surface area contributed by atoms with E-state index in [0.29, 0.717) is 5.92 Å². The van der Waals surface area contributed by atoms with E-state index in [0.717, 1.165) is 42.0 Å². The Morgan fingerprint density at radius 1 is 1.00 bits per heavy atom. The zero-order chi connectivity index (χ0) is 23.9. The quantitative estimate of drug-likeness (QED) is 0.431. The first-order valence-electron chi connectivity index (χ1n) is 12.6. The summed E-state index contributed by atoms with van der Waals surface area (Å²) in [5.41, 5.74) is 5.18. The lowest BCUT2D eigenvalue weighted by Crippen LogP contribution is -2.24. The van der Waals surface area contributed by atoms with E-state index in [9.17, 15) is 8.42 Å². The molecular weight excluding hydrogens is 464 g/mol. The average molecular weight is 501 g/mol. The first-order chi connectivity index (χ1) is 16.3. The zero-order valence-electron chi connectivity index (χ0n) is 20.3. The van der Waals surface area contributed by atoms with Crippen molar-refractivity contribution in [2.45, 2.75) is 76.7 Å². The first-order valence-corrected chi connectivity index (χ1v) is 14.9. The Bertz CT molecular complexity index is 1280. The fourth-order valence-corrected chi connectivity index (χ4v) is 7.51. The third-order valence-electron chi connectivity index (χ3n) is 7.51. The van der Waals surface area contributed by atoms with Gasteiger partial charge in [-0.3, -0.25) is 3.97 Å². The molecule has 1 aromatic carbocycles. The number of hydrogen-bond donors (Lipinski definition) is 1. The summed E-state index contributed by atoms with van der Waals surface area (Å²) in [5, 5.41) is 6.81. The first kappa shape index (κ1) is 24.0. The maximum Gasteiger partial charge on any atom is 0.239 e. The van der Waals surface area contributed by atoms with E-state index in [1.807, 2.05) is 6.92 Å². The van der Waals surface area contributed by atoms with Crippen LogP contribution in [0.1, 0.15) is 62.6 Å². The molecule has 1 saturated carbocycles. The number of primary sulfonamides is 1. The van der Waals surface area contributed by atoms with E-state index in [4.69, 9.17) is 5.14 Å². The second-order valence-electron chi connectivity index (χ2n) is 10.1. The summed E-state index contributed by atoms with van der Waals surface area (Å²) in [4.78, 5) is 0.245. The zero-order valence-corrected chi connectivity index (χ0v) is 21.9. The Hall–Kier alpha value is -1.74. The highest BCUT2D eigenvalue weighted by Gasteiger charge is 2.26. The van der Waals surface area contributed by atoms with Gasteiger partial charge in [0.15, 0.2) is 0 Å². The standard InChI is InChI=1S/C26H36N4O2S2/c1-19-11-12-22-23(18-30(25(22)15-19)33-28-13-7-4-8-14-28)24-16-26(34(27,31)32)20(2)29(24)17-21-9-5-3-6-10-21/h11-12,15-16,18,21H,3-10,13-14,17H2,1-2H3,(H2,27,31,32). The molecule has 0 radical (unpaired) electrons. The van der Waals surface area contributed by atoms with Crippen LogP contribution in [0.25, 0.3) is 22.2 Å². The number of rotatable bonds is 6. The molecule has 1 saturated heterocycles. The summed E-state index contributed by atoms with van der Waals surface area (Å²) >= 11 is 1.77. The Balaban J connectivity index is 1.63. The molecule has 5 rings (SSSR count). The number of sulfonamides is 1. The maximum atomic E-state index is 12.5. The molecule has 3 heterocycles. The van der Waals surface area contributed by atoms with Crippen LogP contribution in [0.3, 0.4) is 0 Å². The van der Waals surface area contributed by atoms with Gasteiger partial charge in [-0.05, 0) is 63.1 Å². The highest BCUT2D eigenvalue weighted by Crippen LogP contribution is 2.39. The smallest absolute Gasteiger partial charge is 0.239 e. The van der Waals surface area contributed by atoms with Crippen molar-refractivity contribution < 1.29 is 8.42 Å². The minimum absolute atomic E-state index is 0.245. The van der Waals surface area contributed by atoms with Gasteiger partial charge in [0.05, 0.1) is 11.2 Å². The van der Waals surface area contributed by atoms with E-state index in [-0.39, 0.29) is 4.90 Å². The van der Waals surface area contributed by atoms with E-state index in [2.05, 4.69) is 44.2 Å². The summed E-state index contributed by atoms with van der Waals surface area (Å²) in [6, 6.07) is 8.36. The maximum absolute atomic E-state index is 12.5. The molecule has 3 aromatic rings. The number of piperidine rings is 1. The summed E-state index contributed by atoms with van der Waals surface area (Å²) < 4.78 is 31.9. The number of aryl methyl sites for hydroxylation is 1. The van der Waals surface area contributed by atoms with Crippen LogP contribution in [-0.4, -0.2) is 34.4 Å². The van der Waals surface area contributed by atoms with E-state index < -0.39 is 10.0 Å². The van der Waals surface area contributed by atoms with Crippen LogP contribution in [0.2, 0.25) is 0 Å². The van der Waals surface area contributed by atoms with Crippen molar-refractivity contribution in [3.63, 3.8) is 0 Å². The fourth-order valence-electron chi connectivity index (χ4n) is 5.65. The Morgan fingerprint density at radius 3 is 2.41 bits per heavy atom.